The first kappa shape index (κ1) is 53.0. The van der Waals surface area contributed by atoms with Crippen LogP contribution in [-0.4, -0.2) is 118 Å². The Morgan fingerprint density at radius 1 is 0.727 bits per heavy atom. The molecule has 0 aromatic heterocycles. The van der Waals surface area contributed by atoms with E-state index < -0.39 is 69.0 Å². The van der Waals surface area contributed by atoms with E-state index in [0.717, 1.165) is 0 Å². The molecule has 10 nitrogen and oxygen atoms in total. The summed E-state index contributed by atoms with van der Waals surface area (Å²) in [6.45, 7) is 48.6. The second kappa shape index (κ2) is 18.3. The highest BCUT2D eigenvalue weighted by Crippen LogP contribution is 2.52. The Labute approximate surface area is 342 Å². The fraction of sp³-hybridized carbons (Fsp3) is 0.976. The van der Waals surface area contributed by atoms with E-state index in [9.17, 15) is 15.0 Å². The second-order valence-electron chi connectivity index (χ2n) is 22.8. The lowest BCUT2D eigenvalue weighted by Gasteiger charge is -2.48. The van der Waals surface area contributed by atoms with Gasteiger partial charge in [0, 0.05) is 44.6 Å². The molecule has 0 radical (unpaired) electrons. The van der Waals surface area contributed by atoms with Crippen LogP contribution in [0.3, 0.4) is 0 Å². The summed E-state index contributed by atoms with van der Waals surface area (Å²) in [5.74, 6) is -1.60. The largest absolute Gasteiger partial charge is 0.416 e. The maximum absolute atomic E-state index is 13.8. The van der Waals surface area contributed by atoms with E-state index >= 15 is 0 Å². The molecule has 1 unspecified atom stereocenters. The van der Waals surface area contributed by atoms with Gasteiger partial charge in [0.15, 0.2) is 33.3 Å². The smallest absolute Gasteiger partial charge is 0.248 e. The molecular weight excluding hydrogens is 763 g/mol. The molecule has 328 valence electrons. The van der Waals surface area contributed by atoms with Crippen LogP contribution >= 0.6 is 0 Å². The monoisotopic (exact) mass is 852 g/mol. The number of aliphatic hydroxyl groups is 2. The summed E-state index contributed by atoms with van der Waals surface area (Å²) in [6.07, 6.45) is -2.64. The van der Waals surface area contributed by atoms with Crippen LogP contribution in [0.25, 0.3) is 0 Å². The van der Waals surface area contributed by atoms with Crippen LogP contribution < -0.4 is 0 Å². The van der Waals surface area contributed by atoms with Gasteiger partial charge in [0.25, 0.3) is 0 Å². The predicted octanol–water partition coefficient (Wildman–Crippen LogP) is 9.60. The Hall–Kier alpha value is 0.0175. The Morgan fingerprint density at radius 3 is 1.47 bits per heavy atom. The van der Waals surface area contributed by atoms with Gasteiger partial charge in [-0.05, 0) is 79.5 Å². The highest BCUT2D eigenvalue weighted by molar-refractivity contribution is 6.75. The number of nitrogens with zero attached hydrogens (tertiary/aromatic N) is 1. The molecule has 55 heavy (non-hydrogen) atoms. The van der Waals surface area contributed by atoms with Crippen molar-refractivity contribution in [3.63, 3.8) is 0 Å². The number of rotatable bonds is 20. The molecule has 2 N–H and O–H groups in total. The minimum atomic E-state index is -2.52. The number of hydrogen-bond acceptors (Lipinski definition) is 9. The Balaban J connectivity index is 4.27. The van der Waals surface area contributed by atoms with Gasteiger partial charge in [0.2, 0.25) is 5.91 Å². The fourth-order valence-electron chi connectivity index (χ4n) is 5.76. The van der Waals surface area contributed by atoms with Crippen molar-refractivity contribution in [3.8, 4) is 0 Å². The van der Waals surface area contributed by atoms with Gasteiger partial charge < -0.3 is 32.7 Å². The minimum absolute atomic E-state index is 0.000940. The predicted molar refractivity (Wildman–Crippen MR) is 237 cm³/mol. The number of epoxide rings is 1. The van der Waals surface area contributed by atoms with E-state index in [0.29, 0.717) is 0 Å². The van der Waals surface area contributed by atoms with Crippen molar-refractivity contribution in [1.82, 2.24) is 5.06 Å². The standard InChI is InChI=1S/C41H89NO9Si4/c1-29(26-43)35-41(14,49-35)36(51-55(23,24)40(11,12)13)31(28-48-53(19,20)38(5,6)7)34(45)30(27-47-52(17,18)37(2,3)4)32(25-33(44)42(15)46-16)50-54(21,22)39(8,9)10/h29-32,34-36,43,45H,25-28H2,1-24H3/t29-,30+,31-,32+,34+,35+,36-,41?/m0/s1. The van der Waals surface area contributed by atoms with Crippen LogP contribution in [0.1, 0.15) is 103 Å². The van der Waals surface area contributed by atoms with E-state index in [1.165, 1.54) is 12.2 Å². The van der Waals surface area contributed by atoms with Crippen molar-refractivity contribution in [2.45, 2.75) is 206 Å². The van der Waals surface area contributed by atoms with Gasteiger partial charge in [-0.2, -0.15) is 0 Å². The van der Waals surface area contributed by atoms with Gasteiger partial charge in [0.1, 0.15) is 5.60 Å². The molecule has 1 aliphatic rings. The molecule has 0 spiro atoms. The highest BCUT2D eigenvalue weighted by atomic mass is 28.4. The topological polar surface area (TPSA) is 119 Å². The SMILES string of the molecule is CON(C)C(=O)C[C@@H](O[Si](C)(C)C(C)(C)C)[C@@H](CO[Si](C)(C)C(C)(C)C)[C@@H](O)[C@H](CO[Si](C)(C)C(C)(C)C)[C@H](O[Si](C)(C)C(C)(C)C)C1(C)O[C@@H]1[C@@H](C)CO. The first-order valence-electron chi connectivity index (χ1n) is 20.7. The number of amides is 1. The lowest BCUT2D eigenvalue weighted by atomic mass is 9.78. The van der Waals surface area contributed by atoms with Crippen molar-refractivity contribution < 1.29 is 42.3 Å². The van der Waals surface area contributed by atoms with Crippen LogP contribution in [0.15, 0.2) is 0 Å². The fourth-order valence-corrected chi connectivity index (χ4v) is 10.6. The van der Waals surface area contributed by atoms with Crippen molar-refractivity contribution in [3.05, 3.63) is 0 Å². The number of hydrogen-bond donors (Lipinski definition) is 2. The molecule has 14 heteroatoms. The molecule has 0 bridgehead atoms. The van der Waals surface area contributed by atoms with Gasteiger partial charge in [-0.1, -0.05) is 90.0 Å². The molecule has 1 amide bonds. The summed E-state index contributed by atoms with van der Waals surface area (Å²) in [5.41, 5.74) is -0.799. The molecule has 0 aliphatic carbocycles. The van der Waals surface area contributed by atoms with E-state index in [-0.39, 0.29) is 64.3 Å². The number of carbonyl (C=O) groups is 1. The normalized spacial score (nSPS) is 22.8. The van der Waals surface area contributed by atoms with E-state index in [4.69, 9.17) is 27.3 Å². The molecule has 0 aromatic rings. The zero-order valence-electron chi connectivity index (χ0n) is 40.1. The Bertz CT molecular complexity index is 1240. The van der Waals surface area contributed by atoms with Crippen molar-refractivity contribution >= 4 is 39.2 Å². The molecule has 1 aliphatic heterocycles. The van der Waals surface area contributed by atoms with Crippen LogP contribution in [-0.2, 0) is 32.1 Å². The second-order valence-corrected chi connectivity index (χ2v) is 42.0. The van der Waals surface area contributed by atoms with E-state index in [2.05, 4.69) is 142 Å². The van der Waals surface area contributed by atoms with Crippen molar-refractivity contribution in [2.24, 2.45) is 17.8 Å². The number of hydroxylamine groups is 2. The molecule has 1 rings (SSSR count). The Morgan fingerprint density at radius 2 is 1.11 bits per heavy atom. The van der Waals surface area contributed by atoms with Crippen LogP contribution in [0.5, 0.6) is 0 Å². The number of carbonyl (C=O) groups excluding carboxylic acids is 1. The summed E-state index contributed by atoms with van der Waals surface area (Å²) >= 11 is 0. The van der Waals surface area contributed by atoms with Gasteiger partial charge in [-0.15, -0.1) is 0 Å². The van der Waals surface area contributed by atoms with Gasteiger partial charge >= 0.3 is 0 Å². The van der Waals surface area contributed by atoms with Crippen LogP contribution in [0.4, 0.5) is 0 Å². The summed E-state index contributed by atoms with van der Waals surface area (Å²) in [7, 11) is -6.64. The van der Waals surface area contributed by atoms with Crippen LogP contribution in [0, 0.1) is 17.8 Å². The Kier molecular flexibility index (Phi) is 17.7. The number of ether oxygens (including phenoxy) is 1. The van der Waals surface area contributed by atoms with Gasteiger partial charge in [-0.3, -0.25) is 9.63 Å². The molecule has 1 heterocycles. The molecule has 0 saturated carbocycles. The molecule has 1 fully saturated rings. The molecule has 0 aromatic carbocycles. The summed E-state index contributed by atoms with van der Waals surface area (Å²) in [5, 5.41) is 24.4. The third kappa shape index (κ3) is 13.3. The van der Waals surface area contributed by atoms with Crippen LogP contribution in [0.2, 0.25) is 72.5 Å². The molecular formula is C41H89NO9Si4. The maximum Gasteiger partial charge on any atom is 0.248 e. The lowest BCUT2D eigenvalue weighted by Crippen LogP contribution is -2.59. The maximum atomic E-state index is 13.8. The lowest BCUT2D eigenvalue weighted by molar-refractivity contribution is -0.172. The summed E-state index contributed by atoms with van der Waals surface area (Å²) in [6, 6.07) is 0. The molecule has 1 saturated heterocycles. The van der Waals surface area contributed by atoms with E-state index in [1.807, 2.05) is 6.92 Å². The minimum Gasteiger partial charge on any atom is -0.416 e. The average molecular weight is 853 g/mol. The first-order chi connectivity index (χ1) is 24.2. The highest BCUT2D eigenvalue weighted by Gasteiger charge is 2.65. The third-order valence-corrected chi connectivity index (χ3v) is 32.3. The van der Waals surface area contributed by atoms with E-state index in [1.54, 1.807) is 7.05 Å². The molecule has 8 atom stereocenters. The quantitative estimate of drug-likeness (QED) is 0.0702. The summed E-state index contributed by atoms with van der Waals surface area (Å²) in [4.78, 5) is 19.2. The van der Waals surface area contributed by atoms with Gasteiger partial charge in [0.05, 0.1) is 37.9 Å². The zero-order valence-corrected chi connectivity index (χ0v) is 44.1. The van der Waals surface area contributed by atoms with Crippen molar-refractivity contribution in [1.29, 1.82) is 0 Å². The zero-order chi connectivity index (χ0) is 43.8. The first-order valence-corrected chi connectivity index (χ1v) is 32.3. The van der Waals surface area contributed by atoms with Crippen molar-refractivity contribution in [2.75, 3.05) is 34.0 Å². The van der Waals surface area contributed by atoms with Gasteiger partial charge in [-0.25, -0.2) is 5.06 Å². The average Bonchev–Trinajstić information content (AvgIpc) is 3.69. The summed E-state index contributed by atoms with van der Waals surface area (Å²) < 4.78 is 35.4. The third-order valence-electron chi connectivity index (χ3n) is 14.4. The number of aliphatic hydroxyl groups excluding tert-OH is 2.